The summed E-state index contributed by atoms with van der Waals surface area (Å²) < 4.78 is 0. The molecule has 2 heterocycles. The molecular weight excluding hydrogens is 388 g/mol. The molecule has 2 saturated carbocycles. The Bertz CT molecular complexity index is 635. The van der Waals surface area contributed by atoms with Crippen molar-refractivity contribution < 1.29 is 9.59 Å². The van der Waals surface area contributed by atoms with E-state index in [9.17, 15) is 9.59 Å². The first-order valence-corrected chi connectivity index (χ1v) is 13.0. The highest BCUT2D eigenvalue weighted by Gasteiger charge is 2.47. The average Bonchev–Trinajstić information content (AvgIpc) is 2.77. The predicted molar refractivity (Wildman–Crippen MR) is 124 cm³/mol. The Kier molecular flexibility index (Phi) is 7.45. The van der Waals surface area contributed by atoms with Gasteiger partial charge in [0.1, 0.15) is 0 Å². The number of hydrogen-bond donors (Lipinski definition) is 3. The number of piperidine rings is 2. The van der Waals surface area contributed by atoms with Crippen molar-refractivity contribution in [2.75, 3.05) is 20.1 Å². The van der Waals surface area contributed by atoms with Crippen LogP contribution in [0.2, 0.25) is 0 Å². The fraction of sp³-hybridized carbons (Fsp3) is 0.920. The number of fused-ring (bicyclic) bond motifs is 1. The van der Waals surface area contributed by atoms with Crippen LogP contribution >= 0.6 is 0 Å². The standard InChI is InChI=1S/C25H44N4O2/c1-16-9-10-20(28-25(31)27-14-18-7-5-4-6-8-18)13-21(16)22-12-19-15-26-17(2)11-23(19)29(3)24(22)30/h16-23,26H,4-15H2,1-3H3,(H2,27,28,31). The zero-order valence-corrected chi connectivity index (χ0v) is 19.9. The number of carbonyl (C=O) groups excluding carboxylic acids is 2. The summed E-state index contributed by atoms with van der Waals surface area (Å²) in [7, 11) is 2.02. The summed E-state index contributed by atoms with van der Waals surface area (Å²) in [5.74, 6) is 2.56. The van der Waals surface area contributed by atoms with Gasteiger partial charge in [-0.05, 0) is 75.5 Å². The Hall–Kier alpha value is -1.30. The van der Waals surface area contributed by atoms with Crippen molar-refractivity contribution in [2.24, 2.45) is 29.6 Å². The lowest BCUT2D eigenvalue weighted by molar-refractivity contribution is -0.148. The van der Waals surface area contributed by atoms with Gasteiger partial charge in [-0.2, -0.15) is 0 Å². The molecule has 2 aliphatic heterocycles. The molecule has 0 aromatic carbocycles. The number of urea groups is 1. The van der Waals surface area contributed by atoms with Crippen LogP contribution in [0.3, 0.4) is 0 Å². The number of carbonyl (C=O) groups is 2. The van der Waals surface area contributed by atoms with Crippen LogP contribution in [0.15, 0.2) is 0 Å². The van der Waals surface area contributed by atoms with Crippen LogP contribution in [0.5, 0.6) is 0 Å². The summed E-state index contributed by atoms with van der Waals surface area (Å²) in [6, 6.07) is 1.05. The highest BCUT2D eigenvalue weighted by molar-refractivity contribution is 5.80. The van der Waals surface area contributed by atoms with Gasteiger partial charge >= 0.3 is 6.03 Å². The van der Waals surface area contributed by atoms with Crippen LogP contribution in [0.25, 0.3) is 0 Å². The molecule has 4 fully saturated rings. The lowest BCUT2D eigenvalue weighted by Gasteiger charge is -2.50. The fourth-order valence-electron chi connectivity index (χ4n) is 6.96. The second kappa shape index (κ2) is 10.1. The van der Waals surface area contributed by atoms with Crippen LogP contribution in [0.4, 0.5) is 4.79 Å². The first-order valence-electron chi connectivity index (χ1n) is 13.0. The van der Waals surface area contributed by atoms with Crippen LogP contribution in [0, 0.1) is 29.6 Å². The van der Waals surface area contributed by atoms with Crippen LogP contribution in [-0.4, -0.2) is 55.1 Å². The summed E-state index contributed by atoms with van der Waals surface area (Å²) in [4.78, 5) is 28.0. The Morgan fingerprint density at radius 3 is 2.61 bits per heavy atom. The van der Waals surface area contributed by atoms with E-state index in [1.54, 1.807) is 0 Å². The number of nitrogens with zero attached hydrogens (tertiary/aromatic N) is 1. The van der Waals surface area contributed by atoms with Gasteiger partial charge in [-0.1, -0.05) is 26.2 Å². The second-order valence-electron chi connectivity index (χ2n) is 11.2. The van der Waals surface area contributed by atoms with Crippen molar-refractivity contribution in [3.63, 3.8) is 0 Å². The van der Waals surface area contributed by atoms with E-state index in [-0.39, 0.29) is 18.0 Å². The molecule has 31 heavy (non-hydrogen) atoms. The minimum Gasteiger partial charge on any atom is -0.342 e. The molecule has 0 spiro atoms. The van der Waals surface area contributed by atoms with Gasteiger partial charge in [0, 0.05) is 44.2 Å². The molecule has 4 rings (SSSR count). The third kappa shape index (κ3) is 5.37. The molecular formula is C25H44N4O2. The Balaban J connectivity index is 1.32. The summed E-state index contributed by atoms with van der Waals surface area (Å²) in [5, 5.41) is 10.0. The molecule has 0 aromatic heterocycles. The predicted octanol–water partition coefficient (Wildman–Crippen LogP) is 3.52. The quantitative estimate of drug-likeness (QED) is 0.636. The van der Waals surface area contributed by atoms with Gasteiger partial charge in [-0.3, -0.25) is 4.79 Å². The first kappa shape index (κ1) is 22.9. The van der Waals surface area contributed by atoms with E-state index < -0.39 is 0 Å². The van der Waals surface area contributed by atoms with Crippen molar-refractivity contribution in [2.45, 2.75) is 96.2 Å². The maximum absolute atomic E-state index is 13.3. The summed E-state index contributed by atoms with van der Waals surface area (Å²) in [5.41, 5.74) is 0. The van der Waals surface area contributed by atoms with Gasteiger partial charge < -0.3 is 20.9 Å². The normalized spacial score (nSPS) is 39.6. The number of hydrogen-bond acceptors (Lipinski definition) is 3. The molecule has 176 valence electrons. The third-order valence-electron chi connectivity index (χ3n) is 8.97. The maximum atomic E-state index is 13.3. The SMILES string of the molecule is CC1CC2C(CN1)CC(C1CC(NC(=O)NCC3CCCCC3)CCC1C)C(=O)N2C. The lowest BCUT2D eigenvalue weighted by atomic mass is 9.65. The smallest absolute Gasteiger partial charge is 0.315 e. The molecule has 4 aliphatic rings. The van der Waals surface area contributed by atoms with Crippen molar-refractivity contribution in [3.8, 4) is 0 Å². The minimum absolute atomic E-state index is 0.0125. The van der Waals surface area contributed by atoms with Crippen molar-refractivity contribution in [1.82, 2.24) is 20.9 Å². The number of nitrogens with one attached hydrogen (secondary N) is 3. The van der Waals surface area contributed by atoms with Gasteiger partial charge in [0.05, 0.1) is 0 Å². The van der Waals surface area contributed by atoms with E-state index in [4.69, 9.17) is 0 Å². The van der Waals surface area contributed by atoms with Crippen molar-refractivity contribution in [3.05, 3.63) is 0 Å². The summed E-state index contributed by atoms with van der Waals surface area (Å²) >= 11 is 0. The fourth-order valence-corrected chi connectivity index (χ4v) is 6.96. The monoisotopic (exact) mass is 432 g/mol. The van der Waals surface area contributed by atoms with Crippen LogP contribution in [0.1, 0.15) is 78.1 Å². The molecule has 3 N–H and O–H groups in total. The molecule has 3 amide bonds. The zero-order chi connectivity index (χ0) is 22.0. The van der Waals surface area contributed by atoms with Gasteiger partial charge in [-0.15, -0.1) is 0 Å². The maximum Gasteiger partial charge on any atom is 0.315 e. The van der Waals surface area contributed by atoms with E-state index >= 15 is 0 Å². The zero-order valence-electron chi connectivity index (χ0n) is 19.9. The van der Waals surface area contributed by atoms with E-state index in [2.05, 4.69) is 34.7 Å². The second-order valence-corrected chi connectivity index (χ2v) is 11.2. The van der Waals surface area contributed by atoms with Crippen molar-refractivity contribution >= 4 is 11.9 Å². The van der Waals surface area contributed by atoms with E-state index in [0.717, 1.165) is 45.2 Å². The Morgan fingerprint density at radius 1 is 1.06 bits per heavy atom. The minimum atomic E-state index is -0.0125. The Morgan fingerprint density at radius 2 is 1.84 bits per heavy atom. The van der Waals surface area contributed by atoms with Crippen molar-refractivity contribution in [1.29, 1.82) is 0 Å². The van der Waals surface area contributed by atoms with Crippen LogP contribution < -0.4 is 16.0 Å². The highest BCUT2D eigenvalue weighted by Crippen LogP contribution is 2.43. The largest absolute Gasteiger partial charge is 0.342 e. The molecule has 2 aliphatic carbocycles. The Labute approximate surface area is 188 Å². The lowest BCUT2D eigenvalue weighted by Crippen LogP contribution is -2.60. The molecule has 0 radical (unpaired) electrons. The van der Waals surface area contributed by atoms with E-state index in [1.165, 1.54) is 32.1 Å². The van der Waals surface area contributed by atoms with E-state index in [1.807, 2.05) is 7.05 Å². The first-order chi connectivity index (χ1) is 14.9. The van der Waals surface area contributed by atoms with Gasteiger partial charge in [-0.25, -0.2) is 4.79 Å². The van der Waals surface area contributed by atoms with Gasteiger partial charge in [0.25, 0.3) is 0 Å². The summed E-state index contributed by atoms with van der Waals surface area (Å²) in [6.45, 7) is 6.36. The van der Waals surface area contributed by atoms with Crippen LogP contribution in [-0.2, 0) is 4.79 Å². The third-order valence-corrected chi connectivity index (χ3v) is 8.97. The molecule has 2 saturated heterocycles. The number of likely N-dealkylation sites (tertiary alicyclic amines) is 1. The molecule has 0 bridgehead atoms. The topological polar surface area (TPSA) is 73.5 Å². The highest BCUT2D eigenvalue weighted by atomic mass is 16.2. The molecule has 6 heteroatoms. The van der Waals surface area contributed by atoms with Gasteiger partial charge in [0.15, 0.2) is 0 Å². The average molecular weight is 433 g/mol. The van der Waals surface area contributed by atoms with E-state index in [0.29, 0.717) is 41.7 Å². The molecule has 7 atom stereocenters. The molecule has 0 aromatic rings. The summed E-state index contributed by atoms with van der Waals surface area (Å²) in [6.07, 6.45) is 11.6. The molecule has 7 unspecified atom stereocenters. The van der Waals surface area contributed by atoms with Gasteiger partial charge in [0.2, 0.25) is 5.91 Å². The number of rotatable bonds is 4. The molecule has 6 nitrogen and oxygen atoms in total. The number of amides is 3.